The van der Waals surface area contributed by atoms with Crippen LogP contribution in [0.3, 0.4) is 0 Å². The number of anilines is 1. The van der Waals surface area contributed by atoms with E-state index in [9.17, 15) is 0 Å². The molecule has 1 unspecified atom stereocenters. The maximum Gasteiger partial charge on any atom is 0.193 e. The number of pyridine rings is 1. The molecule has 0 spiro atoms. The number of guanidine groups is 1. The fourth-order valence-corrected chi connectivity index (χ4v) is 3.70. The SMILES string of the molecule is CN=C(NCc1ccnc(N2CCOC(C)C2)c1)N(C)Cc1ccccc1Br. The predicted molar refractivity (Wildman–Crippen MR) is 118 cm³/mol. The van der Waals surface area contributed by atoms with Gasteiger partial charge in [-0.05, 0) is 36.2 Å². The monoisotopic (exact) mass is 445 g/mol. The molecule has 2 heterocycles. The summed E-state index contributed by atoms with van der Waals surface area (Å²) in [5.74, 6) is 1.86. The summed E-state index contributed by atoms with van der Waals surface area (Å²) in [6.45, 7) is 6.07. The number of halogens is 1. The Morgan fingerprint density at radius 1 is 1.39 bits per heavy atom. The van der Waals surface area contributed by atoms with E-state index >= 15 is 0 Å². The van der Waals surface area contributed by atoms with E-state index in [1.54, 1.807) is 0 Å². The molecule has 0 aliphatic carbocycles. The zero-order chi connectivity index (χ0) is 19.9. The molecule has 0 amide bonds. The summed E-state index contributed by atoms with van der Waals surface area (Å²) in [7, 11) is 3.86. The Labute approximate surface area is 175 Å². The second-order valence-corrected chi connectivity index (χ2v) is 7.85. The van der Waals surface area contributed by atoms with Crippen molar-refractivity contribution in [2.75, 3.05) is 38.7 Å². The molecule has 6 nitrogen and oxygen atoms in total. The van der Waals surface area contributed by atoms with Crippen LogP contribution >= 0.6 is 15.9 Å². The Bertz CT molecular complexity index is 813. The fraction of sp³-hybridized carbons (Fsp3) is 0.429. The van der Waals surface area contributed by atoms with Crippen molar-refractivity contribution in [2.45, 2.75) is 26.1 Å². The highest BCUT2D eigenvalue weighted by atomic mass is 79.9. The van der Waals surface area contributed by atoms with Crippen LogP contribution < -0.4 is 10.2 Å². The lowest BCUT2D eigenvalue weighted by Crippen LogP contribution is -2.41. The maximum atomic E-state index is 5.63. The number of ether oxygens (including phenoxy) is 1. The van der Waals surface area contributed by atoms with Gasteiger partial charge in [0.2, 0.25) is 0 Å². The molecule has 1 fully saturated rings. The van der Waals surface area contributed by atoms with Gasteiger partial charge in [-0.25, -0.2) is 4.98 Å². The van der Waals surface area contributed by atoms with Crippen LogP contribution in [0, 0.1) is 0 Å². The summed E-state index contributed by atoms with van der Waals surface area (Å²) in [5.41, 5.74) is 2.40. The number of rotatable bonds is 5. The lowest BCUT2D eigenvalue weighted by Gasteiger charge is -2.32. The molecule has 2 aromatic rings. The largest absolute Gasteiger partial charge is 0.375 e. The molecule has 1 aliphatic rings. The summed E-state index contributed by atoms with van der Waals surface area (Å²) in [6, 6.07) is 12.4. The standard InChI is InChI=1S/C21H28BrN5O/c1-16-14-27(10-11-28-16)20-12-17(8-9-24-20)13-25-21(23-2)26(3)15-18-6-4-5-7-19(18)22/h4-9,12,16H,10-11,13-15H2,1-3H3,(H,23,25). The van der Waals surface area contributed by atoms with E-state index in [0.717, 1.165) is 42.5 Å². The number of aromatic nitrogens is 1. The summed E-state index contributed by atoms with van der Waals surface area (Å²) < 4.78 is 6.74. The Kier molecular flexibility index (Phi) is 7.28. The fourth-order valence-electron chi connectivity index (χ4n) is 3.29. The van der Waals surface area contributed by atoms with Crippen molar-refractivity contribution in [3.8, 4) is 0 Å². The Morgan fingerprint density at radius 3 is 2.96 bits per heavy atom. The van der Waals surface area contributed by atoms with E-state index < -0.39 is 0 Å². The van der Waals surface area contributed by atoms with Crippen LogP contribution in [-0.4, -0.2) is 55.7 Å². The highest BCUT2D eigenvalue weighted by Crippen LogP contribution is 2.18. The first-order valence-corrected chi connectivity index (χ1v) is 10.3. The first kappa shape index (κ1) is 20.6. The van der Waals surface area contributed by atoms with Crippen LogP contribution in [0.4, 0.5) is 5.82 Å². The molecular formula is C21H28BrN5O. The minimum absolute atomic E-state index is 0.238. The minimum atomic E-state index is 0.238. The molecule has 7 heteroatoms. The zero-order valence-corrected chi connectivity index (χ0v) is 18.3. The first-order valence-electron chi connectivity index (χ1n) is 9.53. The summed E-state index contributed by atoms with van der Waals surface area (Å²) in [6.07, 6.45) is 2.11. The lowest BCUT2D eigenvalue weighted by molar-refractivity contribution is 0.0529. The number of nitrogens with one attached hydrogen (secondary N) is 1. The van der Waals surface area contributed by atoms with Crippen LogP contribution in [0.1, 0.15) is 18.1 Å². The molecule has 1 N–H and O–H groups in total. The lowest BCUT2D eigenvalue weighted by atomic mass is 10.2. The average molecular weight is 446 g/mol. The van der Waals surface area contributed by atoms with Gasteiger partial charge in [-0.15, -0.1) is 0 Å². The van der Waals surface area contributed by atoms with Crippen molar-refractivity contribution in [1.29, 1.82) is 0 Å². The second-order valence-electron chi connectivity index (χ2n) is 7.00. The molecule has 0 bridgehead atoms. The summed E-state index contributed by atoms with van der Waals surface area (Å²) in [5, 5.41) is 3.45. The van der Waals surface area contributed by atoms with Crippen molar-refractivity contribution in [3.63, 3.8) is 0 Å². The smallest absolute Gasteiger partial charge is 0.193 e. The van der Waals surface area contributed by atoms with E-state index in [1.807, 2.05) is 32.4 Å². The van der Waals surface area contributed by atoms with Crippen molar-refractivity contribution < 1.29 is 4.74 Å². The Morgan fingerprint density at radius 2 is 2.21 bits per heavy atom. The van der Waals surface area contributed by atoms with Crippen LogP contribution in [0.2, 0.25) is 0 Å². The van der Waals surface area contributed by atoms with Gasteiger partial charge in [-0.1, -0.05) is 34.1 Å². The number of hydrogen-bond acceptors (Lipinski definition) is 4. The van der Waals surface area contributed by atoms with Gasteiger partial charge < -0.3 is 19.9 Å². The topological polar surface area (TPSA) is 53.0 Å². The molecule has 1 aromatic carbocycles. The van der Waals surface area contributed by atoms with E-state index in [-0.39, 0.29) is 6.10 Å². The normalized spacial score (nSPS) is 17.5. The number of hydrogen-bond donors (Lipinski definition) is 1. The second kappa shape index (κ2) is 9.89. The van der Waals surface area contributed by atoms with Gasteiger partial charge in [0.05, 0.1) is 12.7 Å². The van der Waals surface area contributed by atoms with E-state index in [4.69, 9.17) is 4.74 Å². The van der Waals surface area contributed by atoms with Crippen LogP contribution in [-0.2, 0) is 17.8 Å². The highest BCUT2D eigenvalue weighted by Gasteiger charge is 2.18. The molecule has 3 rings (SSSR count). The molecule has 150 valence electrons. The van der Waals surface area contributed by atoms with Crippen molar-refractivity contribution >= 4 is 27.7 Å². The van der Waals surface area contributed by atoms with Gasteiger partial charge >= 0.3 is 0 Å². The predicted octanol–water partition coefficient (Wildman–Crippen LogP) is 3.28. The van der Waals surface area contributed by atoms with Gasteiger partial charge in [-0.3, -0.25) is 4.99 Å². The van der Waals surface area contributed by atoms with Gasteiger partial charge in [0, 0.05) is 50.9 Å². The van der Waals surface area contributed by atoms with Gasteiger partial charge in [0.15, 0.2) is 5.96 Å². The summed E-state index contributed by atoms with van der Waals surface area (Å²) in [4.78, 5) is 13.4. The Balaban J connectivity index is 1.60. The third kappa shape index (κ3) is 5.45. The number of morpholine rings is 1. The maximum absolute atomic E-state index is 5.63. The minimum Gasteiger partial charge on any atom is -0.375 e. The number of benzene rings is 1. The van der Waals surface area contributed by atoms with E-state index in [2.05, 4.69) is 72.2 Å². The third-order valence-corrected chi connectivity index (χ3v) is 5.54. The van der Waals surface area contributed by atoms with Crippen LogP contribution in [0.15, 0.2) is 52.1 Å². The van der Waals surface area contributed by atoms with E-state index in [0.29, 0.717) is 6.54 Å². The van der Waals surface area contributed by atoms with Crippen molar-refractivity contribution in [3.05, 3.63) is 58.2 Å². The first-order chi connectivity index (χ1) is 13.6. The molecule has 0 radical (unpaired) electrons. The molecule has 28 heavy (non-hydrogen) atoms. The number of aliphatic imine (C=N–C) groups is 1. The molecule has 1 aliphatic heterocycles. The van der Waals surface area contributed by atoms with E-state index in [1.165, 1.54) is 11.1 Å². The highest BCUT2D eigenvalue weighted by molar-refractivity contribution is 9.10. The number of nitrogens with zero attached hydrogens (tertiary/aromatic N) is 4. The molecular weight excluding hydrogens is 418 g/mol. The van der Waals surface area contributed by atoms with Gasteiger partial charge in [0.1, 0.15) is 5.82 Å². The van der Waals surface area contributed by atoms with Crippen molar-refractivity contribution in [2.24, 2.45) is 4.99 Å². The molecule has 1 aromatic heterocycles. The summed E-state index contributed by atoms with van der Waals surface area (Å²) >= 11 is 3.61. The zero-order valence-electron chi connectivity index (χ0n) is 16.7. The third-order valence-electron chi connectivity index (χ3n) is 4.76. The van der Waals surface area contributed by atoms with Gasteiger partial charge in [-0.2, -0.15) is 0 Å². The average Bonchev–Trinajstić information content (AvgIpc) is 2.70. The van der Waals surface area contributed by atoms with Crippen molar-refractivity contribution in [1.82, 2.24) is 15.2 Å². The molecule has 1 saturated heterocycles. The quantitative estimate of drug-likeness (QED) is 0.565. The van der Waals surface area contributed by atoms with Gasteiger partial charge in [0.25, 0.3) is 0 Å². The molecule has 1 atom stereocenters. The van der Waals surface area contributed by atoms with Crippen LogP contribution in [0.5, 0.6) is 0 Å². The Hall–Kier alpha value is -2.12. The molecule has 0 saturated carbocycles. The van der Waals surface area contributed by atoms with Crippen LogP contribution in [0.25, 0.3) is 0 Å².